The van der Waals surface area contributed by atoms with Crippen molar-refractivity contribution >= 4 is 50.5 Å². The van der Waals surface area contributed by atoms with E-state index in [4.69, 9.17) is 23.2 Å². The second-order valence-corrected chi connectivity index (χ2v) is 6.17. The van der Waals surface area contributed by atoms with Crippen LogP contribution in [0.25, 0.3) is 0 Å². The van der Waals surface area contributed by atoms with Crippen LogP contribution in [0.15, 0.2) is 34.1 Å². The van der Waals surface area contributed by atoms with Crippen molar-refractivity contribution in [3.63, 3.8) is 0 Å². The third-order valence-corrected chi connectivity index (χ3v) is 5.00. The van der Waals surface area contributed by atoms with Crippen LogP contribution in [0.2, 0.25) is 5.02 Å². The summed E-state index contributed by atoms with van der Waals surface area (Å²) in [7, 11) is 0. The van der Waals surface area contributed by atoms with Gasteiger partial charge in [0.15, 0.2) is 0 Å². The van der Waals surface area contributed by atoms with Gasteiger partial charge in [-0.15, -0.1) is 22.9 Å². The number of alkyl halides is 1. The van der Waals surface area contributed by atoms with Crippen molar-refractivity contribution in [2.24, 2.45) is 0 Å². The van der Waals surface area contributed by atoms with Gasteiger partial charge in [0.1, 0.15) is 0 Å². The predicted molar refractivity (Wildman–Crippen MR) is 75.9 cm³/mol. The smallest absolute Gasteiger partial charge is 0.0953 e. The van der Waals surface area contributed by atoms with Crippen molar-refractivity contribution in [2.75, 3.05) is 0 Å². The molecule has 0 aliphatic rings. The molecule has 0 saturated heterocycles. The van der Waals surface area contributed by atoms with E-state index >= 15 is 0 Å². The van der Waals surface area contributed by atoms with E-state index in [1.807, 2.05) is 17.5 Å². The van der Waals surface area contributed by atoms with Gasteiger partial charge in [-0.1, -0.05) is 39.7 Å². The normalized spacial score (nSPS) is 12.8. The average Bonchev–Trinajstić information content (AvgIpc) is 2.63. The van der Waals surface area contributed by atoms with Crippen molar-refractivity contribution in [3.05, 3.63) is 55.1 Å². The largest absolute Gasteiger partial charge is 0.145 e. The maximum Gasteiger partial charge on any atom is 0.0953 e. The Labute approximate surface area is 117 Å². The fourth-order valence-electron chi connectivity index (χ4n) is 1.47. The zero-order valence-electron chi connectivity index (χ0n) is 8.51. The molecule has 0 fully saturated rings. The molecule has 1 aromatic heterocycles. The van der Waals surface area contributed by atoms with Crippen LogP contribution in [0.3, 0.4) is 0 Å². The third kappa shape index (κ3) is 2.45. The van der Waals surface area contributed by atoms with Gasteiger partial charge in [-0.05, 0) is 35.6 Å². The summed E-state index contributed by atoms with van der Waals surface area (Å²) >= 11 is 17.6. The van der Waals surface area contributed by atoms with Gasteiger partial charge in [-0.25, -0.2) is 0 Å². The van der Waals surface area contributed by atoms with Gasteiger partial charge in [0.2, 0.25) is 0 Å². The molecule has 1 aromatic carbocycles. The minimum Gasteiger partial charge on any atom is -0.145 e. The molecule has 0 aliphatic carbocycles. The standard InChI is InChI=1S/C12H9BrCl2S/c1-7-2-3-8(9(13)6-7)11(15)12-10(14)4-5-16-12/h2-6,11H,1H3. The van der Waals surface area contributed by atoms with Crippen LogP contribution in [0.5, 0.6) is 0 Å². The molecule has 1 heterocycles. The van der Waals surface area contributed by atoms with Crippen LogP contribution < -0.4 is 0 Å². The fraction of sp³-hybridized carbons (Fsp3) is 0.167. The van der Waals surface area contributed by atoms with Gasteiger partial charge in [0.05, 0.1) is 10.4 Å². The first-order chi connectivity index (χ1) is 7.59. The maximum absolute atomic E-state index is 6.43. The number of benzene rings is 1. The molecule has 0 spiro atoms. The minimum atomic E-state index is -0.192. The number of aryl methyl sites for hydroxylation is 1. The Bertz CT molecular complexity index is 507. The van der Waals surface area contributed by atoms with Crippen molar-refractivity contribution in [1.82, 2.24) is 0 Å². The van der Waals surface area contributed by atoms with Crippen molar-refractivity contribution in [3.8, 4) is 0 Å². The number of hydrogen-bond donors (Lipinski definition) is 0. The second kappa shape index (κ2) is 5.09. The molecule has 1 atom stereocenters. The summed E-state index contributed by atoms with van der Waals surface area (Å²) in [6, 6.07) is 8.02. The van der Waals surface area contributed by atoms with Crippen LogP contribution in [0.1, 0.15) is 21.4 Å². The molecular weight excluding hydrogens is 327 g/mol. The van der Waals surface area contributed by atoms with E-state index in [9.17, 15) is 0 Å². The van der Waals surface area contributed by atoms with Crippen molar-refractivity contribution in [1.29, 1.82) is 0 Å². The van der Waals surface area contributed by atoms with Crippen molar-refractivity contribution in [2.45, 2.75) is 12.3 Å². The van der Waals surface area contributed by atoms with Gasteiger partial charge in [0, 0.05) is 9.35 Å². The van der Waals surface area contributed by atoms with Gasteiger partial charge in [-0.2, -0.15) is 0 Å². The molecule has 0 nitrogen and oxygen atoms in total. The van der Waals surface area contributed by atoms with E-state index in [0.29, 0.717) is 0 Å². The lowest BCUT2D eigenvalue weighted by Crippen LogP contribution is -1.93. The van der Waals surface area contributed by atoms with E-state index in [1.165, 1.54) is 5.56 Å². The molecule has 4 heteroatoms. The first-order valence-corrected chi connectivity index (χ1v) is 7.21. The van der Waals surface area contributed by atoms with Crippen LogP contribution in [-0.2, 0) is 0 Å². The maximum atomic E-state index is 6.43. The number of hydrogen-bond acceptors (Lipinski definition) is 1. The molecule has 16 heavy (non-hydrogen) atoms. The molecule has 84 valence electrons. The first kappa shape index (κ1) is 12.4. The topological polar surface area (TPSA) is 0 Å². The van der Waals surface area contributed by atoms with Crippen LogP contribution in [-0.4, -0.2) is 0 Å². The first-order valence-electron chi connectivity index (χ1n) is 4.72. The minimum absolute atomic E-state index is 0.192. The zero-order valence-corrected chi connectivity index (χ0v) is 12.4. The second-order valence-electron chi connectivity index (χ2n) is 3.52. The SMILES string of the molecule is Cc1ccc(C(Cl)c2sccc2Cl)c(Br)c1. The lowest BCUT2D eigenvalue weighted by atomic mass is 10.1. The Morgan fingerprint density at radius 1 is 1.31 bits per heavy atom. The summed E-state index contributed by atoms with van der Waals surface area (Å²) in [5.41, 5.74) is 2.26. The van der Waals surface area contributed by atoms with Crippen molar-refractivity contribution < 1.29 is 0 Å². The number of rotatable bonds is 2. The molecule has 0 aliphatic heterocycles. The Kier molecular flexibility index (Phi) is 3.96. The van der Waals surface area contributed by atoms with Gasteiger partial charge < -0.3 is 0 Å². The molecular formula is C12H9BrCl2S. The van der Waals surface area contributed by atoms with Crippen LogP contribution in [0, 0.1) is 6.92 Å². The predicted octanol–water partition coefficient (Wildman–Crippen LogP) is 5.80. The molecule has 1 unspecified atom stereocenters. The highest BCUT2D eigenvalue weighted by atomic mass is 79.9. The summed E-state index contributed by atoms with van der Waals surface area (Å²) < 4.78 is 1.02. The Balaban J connectivity index is 2.41. The molecule has 2 aromatic rings. The Hall–Kier alpha value is -0.0200. The zero-order chi connectivity index (χ0) is 11.7. The van der Waals surface area contributed by atoms with E-state index in [2.05, 4.69) is 35.0 Å². The Morgan fingerprint density at radius 2 is 2.06 bits per heavy atom. The Morgan fingerprint density at radius 3 is 2.62 bits per heavy atom. The van der Waals surface area contributed by atoms with Gasteiger partial charge in [-0.3, -0.25) is 0 Å². The highest BCUT2D eigenvalue weighted by molar-refractivity contribution is 9.10. The molecule has 0 saturated carbocycles. The summed E-state index contributed by atoms with van der Waals surface area (Å²) in [4.78, 5) is 0.993. The molecule has 2 rings (SSSR count). The van der Waals surface area contributed by atoms with E-state index in [0.717, 1.165) is 19.9 Å². The highest BCUT2D eigenvalue weighted by Gasteiger charge is 2.17. The van der Waals surface area contributed by atoms with Crippen LogP contribution >= 0.6 is 50.5 Å². The number of thiophene rings is 1. The molecule has 0 bridgehead atoms. The van der Waals surface area contributed by atoms with E-state index < -0.39 is 0 Å². The third-order valence-electron chi connectivity index (χ3n) is 2.30. The quantitative estimate of drug-likeness (QED) is 0.608. The lowest BCUT2D eigenvalue weighted by molar-refractivity contribution is 1.16. The van der Waals surface area contributed by atoms with E-state index in [-0.39, 0.29) is 5.38 Å². The summed E-state index contributed by atoms with van der Waals surface area (Å²) in [5.74, 6) is 0. The lowest BCUT2D eigenvalue weighted by Gasteiger charge is -2.11. The highest BCUT2D eigenvalue weighted by Crippen LogP contribution is 2.40. The fourth-order valence-corrected chi connectivity index (χ4v) is 4.00. The average molecular weight is 336 g/mol. The van der Waals surface area contributed by atoms with E-state index in [1.54, 1.807) is 11.3 Å². The monoisotopic (exact) mass is 334 g/mol. The van der Waals surface area contributed by atoms with Crippen LogP contribution in [0.4, 0.5) is 0 Å². The van der Waals surface area contributed by atoms with Gasteiger partial charge >= 0.3 is 0 Å². The molecule has 0 N–H and O–H groups in total. The summed E-state index contributed by atoms with van der Waals surface area (Å²) in [5, 5.41) is 2.50. The summed E-state index contributed by atoms with van der Waals surface area (Å²) in [6.45, 7) is 2.05. The van der Waals surface area contributed by atoms with Gasteiger partial charge in [0.25, 0.3) is 0 Å². The molecule has 0 radical (unpaired) electrons. The number of halogens is 3. The molecule has 0 amide bonds. The summed E-state index contributed by atoms with van der Waals surface area (Å²) in [6.07, 6.45) is 0.